The third-order valence-electron chi connectivity index (χ3n) is 4.33. The molecular formula is C19H15N9O. The van der Waals surface area contributed by atoms with Gasteiger partial charge in [-0.05, 0) is 47.7 Å². The van der Waals surface area contributed by atoms with Crippen molar-refractivity contribution in [1.29, 1.82) is 0 Å². The van der Waals surface area contributed by atoms with Crippen LogP contribution in [0.25, 0.3) is 28.4 Å². The van der Waals surface area contributed by atoms with Gasteiger partial charge in [0, 0.05) is 17.3 Å². The van der Waals surface area contributed by atoms with Crippen molar-refractivity contribution in [1.82, 2.24) is 40.2 Å². The normalized spacial score (nSPS) is 11.0. The van der Waals surface area contributed by atoms with Crippen LogP contribution in [0, 0.1) is 0 Å². The molecular weight excluding hydrogens is 370 g/mol. The maximum absolute atomic E-state index is 5.86. The number of hydrogen-bond donors (Lipinski definition) is 2. The van der Waals surface area contributed by atoms with Crippen molar-refractivity contribution in [3.05, 3.63) is 66.4 Å². The van der Waals surface area contributed by atoms with Crippen LogP contribution in [0.15, 0.2) is 60.8 Å². The van der Waals surface area contributed by atoms with Gasteiger partial charge in [0.25, 0.3) is 0 Å². The van der Waals surface area contributed by atoms with Gasteiger partial charge in [-0.3, -0.25) is 4.98 Å². The molecule has 4 heterocycles. The first-order valence-corrected chi connectivity index (χ1v) is 8.79. The Labute approximate surface area is 164 Å². The molecule has 0 amide bonds. The van der Waals surface area contributed by atoms with Crippen LogP contribution in [-0.4, -0.2) is 40.2 Å². The molecule has 4 aromatic heterocycles. The quantitative estimate of drug-likeness (QED) is 0.470. The molecule has 5 aromatic rings. The SMILES string of the molecule is Nc1nc2cccc(-c3ccc(OCc4ccc(-c5nn[nH]n5)nc4)cc3)n2n1. The van der Waals surface area contributed by atoms with E-state index in [4.69, 9.17) is 10.5 Å². The molecule has 0 spiro atoms. The molecule has 0 bridgehead atoms. The molecule has 0 aliphatic rings. The third-order valence-corrected chi connectivity index (χ3v) is 4.33. The summed E-state index contributed by atoms with van der Waals surface area (Å²) in [6.45, 7) is 0.397. The van der Waals surface area contributed by atoms with E-state index in [2.05, 4.69) is 35.7 Å². The molecule has 0 radical (unpaired) electrons. The van der Waals surface area contributed by atoms with Crippen molar-refractivity contribution in [3.63, 3.8) is 0 Å². The number of aromatic amines is 1. The number of tetrazole rings is 1. The lowest BCUT2D eigenvalue weighted by Crippen LogP contribution is -1.98. The van der Waals surface area contributed by atoms with Gasteiger partial charge in [0.2, 0.25) is 11.8 Å². The molecule has 3 N–H and O–H groups in total. The van der Waals surface area contributed by atoms with Crippen LogP contribution in [0.4, 0.5) is 5.95 Å². The summed E-state index contributed by atoms with van der Waals surface area (Å²) in [7, 11) is 0. The largest absolute Gasteiger partial charge is 0.489 e. The second kappa shape index (κ2) is 7.00. The van der Waals surface area contributed by atoms with Crippen LogP contribution in [-0.2, 0) is 6.61 Å². The van der Waals surface area contributed by atoms with Gasteiger partial charge in [-0.25, -0.2) is 4.52 Å². The number of nitrogens with two attached hydrogens (primary N) is 1. The van der Waals surface area contributed by atoms with E-state index < -0.39 is 0 Å². The van der Waals surface area contributed by atoms with E-state index in [0.717, 1.165) is 22.6 Å². The maximum atomic E-state index is 5.86. The number of pyridine rings is 2. The van der Waals surface area contributed by atoms with Gasteiger partial charge in [0.15, 0.2) is 5.65 Å². The Morgan fingerprint density at radius 3 is 2.69 bits per heavy atom. The minimum absolute atomic E-state index is 0.247. The Morgan fingerprint density at radius 1 is 1.03 bits per heavy atom. The zero-order valence-corrected chi connectivity index (χ0v) is 15.1. The zero-order chi connectivity index (χ0) is 19.6. The summed E-state index contributed by atoms with van der Waals surface area (Å²) in [5.74, 6) is 1.45. The fourth-order valence-corrected chi connectivity index (χ4v) is 2.94. The summed E-state index contributed by atoms with van der Waals surface area (Å²) in [5.41, 5.74) is 9.89. The van der Waals surface area contributed by atoms with Crippen molar-refractivity contribution in [2.75, 3.05) is 5.73 Å². The number of ether oxygens (including phenoxy) is 1. The lowest BCUT2D eigenvalue weighted by atomic mass is 10.1. The summed E-state index contributed by atoms with van der Waals surface area (Å²) in [6.07, 6.45) is 1.73. The monoisotopic (exact) mass is 385 g/mol. The highest BCUT2D eigenvalue weighted by Crippen LogP contribution is 2.24. The molecule has 0 saturated carbocycles. The summed E-state index contributed by atoms with van der Waals surface area (Å²) >= 11 is 0. The van der Waals surface area contributed by atoms with Gasteiger partial charge in [0.1, 0.15) is 18.1 Å². The minimum atomic E-state index is 0.247. The molecule has 1 aromatic carbocycles. The zero-order valence-electron chi connectivity index (χ0n) is 15.1. The number of fused-ring (bicyclic) bond motifs is 1. The molecule has 5 rings (SSSR count). The maximum Gasteiger partial charge on any atom is 0.240 e. The molecule has 142 valence electrons. The van der Waals surface area contributed by atoms with E-state index in [-0.39, 0.29) is 5.95 Å². The summed E-state index contributed by atoms with van der Waals surface area (Å²) < 4.78 is 7.58. The molecule has 0 fully saturated rings. The van der Waals surface area contributed by atoms with Crippen LogP contribution in [0.1, 0.15) is 5.56 Å². The van der Waals surface area contributed by atoms with E-state index in [9.17, 15) is 0 Å². The van der Waals surface area contributed by atoms with Crippen LogP contribution in [0.5, 0.6) is 5.75 Å². The molecule has 0 saturated heterocycles. The smallest absolute Gasteiger partial charge is 0.240 e. The first-order valence-electron chi connectivity index (χ1n) is 8.79. The summed E-state index contributed by atoms with van der Waals surface area (Å²) in [6, 6.07) is 17.3. The number of anilines is 1. The molecule has 0 aliphatic heterocycles. The van der Waals surface area contributed by atoms with Crippen LogP contribution in [0.2, 0.25) is 0 Å². The third kappa shape index (κ3) is 3.34. The highest BCUT2D eigenvalue weighted by molar-refractivity contribution is 5.64. The highest BCUT2D eigenvalue weighted by Gasteiger charge is 2.08. The minimum Gasteiger partial charge on any atom is -0.489 e. The van der Waals surface area contributed by atoms with Crippen LogP contribution < -0.4 is 10.5 Å². The average Bonchev–Trinajstić information content (AvgIpc) is 3.42. The molecule has 0 unspecified atom stereocenters. The Bertz CT molecular complexity index is 1250. The fourth-order valence-electron chi connectivity index (χ4n) is 2.94. The number of hydrogen-bond acceptors (Lipinski definition) is 8. The Balaban J connectivity index is 1.29. The fraction of sp³-hybridized carbons (Fsp3) is 0.0526. The van der Waals surface area contributed by atoms with Gasteiger partial charge in [-0.15, -0.1) is 15.3 Å². The summed E-state index contributed by atoms with van der Waals surface area (Å²) in [5, 5.41) is 18.0. The van der Waals surface area contributed by atoms with Gasteiger partial charge in [-0.1, -0.05) is 12.1 Å². The van der Waals surface area contributed by atoms with E-state index in [1.807, 2.05) is 54.6 Å². The second-order valence-corrected chi connectivity index (χ2v) is 6.25. The topological polar surface area (TPSA) is 133 Å². The number of benzene rings is 1. The molecule has 0 aliphatic carbocycles. The predicted octanol–water partition coefficient (Wildman–Crippen LogP) is 2.13. The van der Waals surface area contributed by atoms with E-state index >= 15 is 0 Å². The van der Waals surface area contributed by atoms with Crippen molar-refractivity contribution >= 4 is 11.6 Å². The predicted molar refractivity (Wildman–Crippen MR) is 105 cm³/mol. The Kier molecular flexibility index (Phi) is 4.06. The Morgan fingerprint density at radius 2 is 1.93 bits per heavy atom. The van der Waals surface area contributed by atoms with Gasteiger partial charge < -0.3 is 10.5 Å². The first-order chi connectivity index (χ1) is 14.3. The van der Waals surface area contributed by atoms with E-state index in [1.54, 1.807) is 10.7 Å². The first kappa shape index (κ1) is 16.8. The number of nitrogens with zero attached hydrogens (tertiary/aromatic N) is 7. The van der Waals surface area contributed by atoms with E-state index in [0.29, 0.717) is 23.8 Å². The van der Waals surface area contributed by atoms with Crippen molar-refractivity contribution in [2.24, 2.45) is 0 Å². The van der Waals surface area contributed by atoms with Crippen LogP contribution in [0.3, 0.4) is 0 Å². The standard InChI is InChI=1S/C19H15N9O/c20-19-22-17-3-1-2-16(28(17)25-19)13-5-7-14(8-6-13)29-11-12-4-9-15(21-10-12)18-23-26-27-24-18/h1-10H,11H2,(H2,20,25)(H,23,24,26,27). The lowest BCUT2D eigenvalue weighted by Gasteiger charge is -2.08. The van der Waals surface area contributed by atoms with Gasteiger partial charge >= 0.3 is 0 Å². The summed E-state index contributed by atoms with van der Waals surface area (Å²) in [4.78, 5) is 8.52. The number of rotatable bonds is 5. The number of H-pyrrole nitrogens is 1. The van der Waals surface area contributed by atoms with Crippen molar-refractivity contribution in [3.8, 4) is 28.5 Å². The highest BCUT2D eigenvalue weighted by atomic mass is 16.5. The Hall–Kier alpha value is -4.34. The van der Waals surface area contributed by atoms with E-state index in [1.165, 1.54) is 0 Å². The van der Waals surface area contributed by atoms with Crippen LogP contribution >= 0.6 is 0 Å². The second-order valence-electron chi connectivity index (χ2n) is 6.25. The molecule has 29 heavy (non-hydrogen) atoms. The molecule has 10 nitrogen and oxygen atoms in total. The van der Waals surface area contributed by atoms with Crippen molar-refractivity contribution < 1.29 is 4.74 Å². The number of nitrogen functional groups attached to an aromatic ring is 1. The average molecular weight is 385 g/mol. The van der Waals surface area contributed by atoms with Gasteiger partial charge in [0.05, 0.1) is 5.69 Å². The molecule has 10 heteroatoms. The lowest BCUT2D eigenvalue weighted by molar-refractivity contribution is 0.306. The molecule has 0 atom stereocenters. The number of nitrogens with one attached hydrogen (secondary N) is 1. The van der Waals surface area contributed by atoms with Gasteiger partial charge in [-0.2, -0.15) is 10.2 Å². The van der Waals surface area contributed by atoms with Crippen molar-refractivity contribution in [2.45, 2.75) is 6.61 Å². The number of aromatic nitrogens is 8.